The van der Waals surface area contributed by atoms with Gasteiger partial charge in [-0.1, -0.05) is 35.5 Å². The molecule has 1 saturated carbocycles. The van der Waals surface area contributed by atoms with Gasteiger partial charge in [0.05, 0.1) is 0 Å². The van der Waals surface area contributed by atoms with E-state index in [1.54, 1.807) is 6.07 Å². The lowest BCUT2D eigenvalue weighted by Gasteiger charge is -2.30. The van der Waals surface area contributed by atoms with E-state index in [-0.39, 0.29) is 23.4 Å². The van der Waals surface area contributed by atoms with Crippen molar-refractivity contribution in [3.8, 4) is 11.3 Å². The number of rotatable bonds is 4. The second kappa shape index (κ2) is 7.20. The van der Waals surface area contributed by atoms with E-state index in [4.69, 9.17) is 4.52 Å². The summed E-state index contributed by atoms with van der Waals surface area (Å²) < 4.78 is 5.31. The van der Waals surface area contributed by atoms with Gasteiger partial charge in [0, 0.05) is 35.5 Å². The molecular formula is C23H21N3O3. The highest BCUT2D eigenvalue weighted by Gasteiger charge is 2.35. The van der Waals surface area contributed by atoms with Crippen molar-refractivity contribution in [3.05, 3.63) is 65.9 Å². The van der Waals surface area contributed by atoms with Crippen LogP contribution in [0.4, 0.5) is 11.4 Å². The van der Waals surface area contributed by atoms with Crippen LogP contribution in [0.1, 0.15) is 35.3 Å². The molecule has 0 saturated heterocycles. The Kier molecular flexibility index (Phi) is 4.39. The zero-order valence-electron chi connectivity index (χ0n) is 15.9. The van der Waals surface area contributed by atoms with Gasteiger partial charge in [-0.15, -0.1) is 0 Å². The number of nitrogens with one attached hydrogen (secondary N) is 1. The van der Waals surface area contributed by atoms with Crippen LogP contribution in [0.5, 0.6) is 0 Å². The highest BCUT2D eigenvalue weighted by Crippen LogP contribution is 2.36. The molecule has 6 heteroatoms. The molecule has 0 bridgehead atoms. The summed E-state index contributed by atoms with van der Waals surface area (Å²) in [6.07, 6.45) is 3.84. The molecule has 2 aliphatic rings. The van der Waals surface area contributed by atoms with Crippen molar-refractivity contribution in [2.24, 2.45) is 5.92 Å². The summed E-state index contributed by atoms with van der Waals surface area (Å²) in [4.78, 5) is 27.0. The van der Waals surface area contributed by atoms with Crippen LogP contribution in [0, 0.1) is 5.92 Å². The highest BCUT2D eigenvalue weighted by atomic mass is 16.5. The van der Waals surface area contributed by atoms with Gasteiger partial charge in [0.15, 0.2) is 11.5 Å². The zero-order chi connectivity index (χ0) is 19.8. The fourth-order valence-electron chi connectivity index (χ4n) is 3.77. The van der Waals surface area contributed by atoms with Gasteiger partial charge in [0.2, 0.25) is 5.91 Å². The SMILES string of the molecule is O=C(Nc1ccc2c(c1)CCCN2C(=O)C1CC1)c1cc(-c2ccccc2)on1. The lowest BCUT2D eigenvalue weighted by molar-refractivity contribution is -0.119. The second-order valence-electron chi connectivity index (χ2n) is 7.61. The Morgan fingerprint density at radius 3 is 2.69 bits per heavy atom. The number of aromatic nitrogens is 1. The fourth-order valence-corrected chi connectivity index (χ4v) is 3.77. The smallest absolute Gasteiger partial charge is 0.277 e. The molecule has 0 unspecified atom stereocenters. The molecule has 1 N–H and O–H groups in total. The number of carbonyl (C=O) groups is 2. The quantitative estimate of drug-likeness (QED) is 0.725. The maximum Gasteiger partial charge on any atom is 0.277 e. The predicted octanol–water partition coefficient (Wildman–Crippen LogP) is 4.28. The Morgan fingerprint density at radius 2 is 1.90 bits per heavy atom. The highest BCUT2D eigenvalue weighted by molar-refractivity contribution is 6.04. The molecule has 1 aliphatic carbocycles. The van der Waals surface area contributed by atoms with Crippen LogP contribution < -0.4 is 10.2 Å². The van der Waals surface area contributed by atoms with E-state index in [0.29, 0.717) is 11.4 Å². The van der Waals surface area contributed by atoms with Crippen molar-refractivity contribution < 1.29 is 14.1 Å². The van der Waals surface area contributed by atoms with Crippen LogP contribution in [0.15, 0.2) is 59.1 Å². The molecular weight excluding hydrogens is 366 g/mol. The van der Waals surface area contributed by atoms with E-state index >= 15 is 0 Å². The van der Waals surface area contributed by atoms with Gasteiger partial charge in [-0.2, -0.15) is 0 Å². The number of carbonyl (C=O) groups excluding carboxylic acids is 2. The van der Waals surface area contributed by atoms with Crippen molar-refractivity contribution in [2.45, 2.75) is 25.7 Å². The molecule has 0 radical (unpaired) electrons. The van der Waals surface area contributed by atoms with Gasteiger partial charge >= 0.3 is 0 Å². The summed E-state index contributed by atoms with van der Waals surface area (Å²) in [7, 11) is 0. The van der Waals surface area contributed by atoms with E-state index in [0.717, 1.165) is 49.0 Å². The molecule has 0 spiro atoms. The number of nitrogens with zero attached hydrogens (tertiary/aromatic N) is 2. The Balaban J connectivity index is 1.33. The van der Waals surface area contributed by atoms with Crippen LogP contribution >= 0.6 is 0 Å². The molecule has 5 rings (SSSR count). The summed E-state index contributed by atoms with van der Waals surface area (Å²) in [6, 6.07) is 16.9. The first kappa shape index (κ1) is 17.7. The third-order valence-corrected chi connectivity index (χ3v) is 5.45. The Labute approximate surface area is 168 Å². The van der Waals surface area contributed by atoms with Gasteiger partial charge in [-0.25, -0.2) is 0 Å². The van der Waals surface area contributed by atoms with Crippen molar-refractivity contribution >= 4 is 23.2 Å². The van der Waals surface area contributed by atoms with Gasteiger partial charge in [-0.3, -0.25) is 9.59 Å². The van der Waals surface area contributed by atoms with Crippen LogP contribution in [0.25, 0.3) is 11.3 Å². The molecule has 2 aromatic carbocycles. The molecule has 3 aromatic rings. The fraction of sp³-hybridized carbons (Fsp3) is 0.261. The average Bonchev–Trinajstić information content (AvgIpc) is 3.49. The van der Waals surface area contributed by atoms with Crippen molar-refractivity contribution in [1.82, 2.24) is 5.16 Å². The number of benzene rings is 2. The first-order valence-corrected chi connectivity index (χ1v) is 9.97. The van der Waals surface area contributed by atoms with Gasteiger partial charge in [0.25, 0.3) is 5.91 Å². The van der Waals surface area contributed by atoms with Crippen LogP contribution in [0.3, 0.4) is 0 Å². The lowest BCUT2D eigenvalue weighted by Crippen LogP contribution is -2.36. The maximum absolute atomic E-state index is 12.6. The Morgan fingerprint density at radius 1 is 1.07 bits per heavy atom. The normalized spacial score (nSPS) is 15.7. The number of amides is 2. The van der Waals surface area contributed by atoms with E-state index < -0.39 is 0 Å². The third kappa shape index (κ3) is 3.53. The van der Waals surface area contributed by atoms with E-state index in [9.17, 15) is 9.59 Å². The molecule has 0 atom stereocenters. The first-order chi connectivity index (χ1) is 14.2. The minimum absolute atomic E-state index is 0.200. The summed E-state index contributed by atoms with van der Waals surface area (Å²) in [5.41, 5.74) is 3.85. The Bertz CT molecular complexity index is 1070. The number of hydrogen-bond acceptors (Lipinski definition) is 4. The molecule has 2 amide bonds. The summed E-state index contributed by atoms with van der Waals surface area (Å²) in [5, 5.41) is 6.79. The summed E-state index contributed by atoms with van der Waals surface area (Å²) in [5.74, 6) is 0.665. The van der Waals surface area contributed by atoms with E-state index in [1.165, 1.54) is 0 Å². The number of hydrogen-bond donors (Lipinski definition) is 1. The predicted molar refractivity (Wildman–Crippen MR) is 110 cm³/mol. The number of anilines is 2. The molecule has 146 valence electrons. The van der Waals surface area contributed by atoms with E-state index in [1.807, 2.05) is 53.4 Å². The van der Waals surface area contributed by atoms with Crippen molar-refractivity contribution in [1.29, 1.82) is 0 Å². The Hall–Kier alpha value is -3.41. The zero-order valence-corrected chi connectivity index (χ0v) is 15.9. The molecule has 1 aliphatic heterocycles. The maximum atomic E-state index is 12.6. The van der Waals surface area contributed by atoms with Crippen LogP contribution in [-0.4, -0.2) is 23.5 Å². The molecule has 29 heavy (non-hydrogen) atoms. The molecule has 2 heterocycles. The van der Waals surface area contributed by atoms with Gasteiger partial charge < -0.3 is 14.7 Å². The van der Waals surface area contributed by atoms with E-state index in [2.05, 4.69) is 10.5 Å². The van der Waals surface area contributed by atoms with Crippen molar-refractivity contribution in [2.75, 3.05) is 16.8 Å². The van der Waals surface area contributed by atoms with Crippen LogP contribution in [-0.2, 0) is 11.2 Å². The number of aryl methyl sites for hydroxylation is 1. The summed E-state index contributed by atoms with van der Waals surface area (Å²) >= 11 is 0. The largest absolute Gasteiger partial charge is 0.355 e. The topological polar surface area (TPSA) is 75.4 Å². The molecule has 1 aromatic heterocycles. The first-order valence-electron chi connectivity index (χ1n) is 9.97. The standard InChI is InChI=1S/C23H21N3O3/c27-22(19-14-21(29-25-19)15-5-2-1-3-6-15)24-18-10-11-20-17(13-18)7-4-12-26(20)23(28)16-8-9-16/h1-3,5-6,10-11,13-14,16H,4,7-9,12H2,(H,24,27). The van der Waals surface area contributed by atoms with Crippen molar-refractivity contribution in [3.63, 3.8) is 0 Å². The summed E-state index contributed by atoms with van der Waals surface area (Å²) in [6.45, 7) is 0.773. The third-order valence-electron chi connectivity index (χ3n) is 5.45. The monoisotopic (exact) mass is 387 g/mol. The lowest BCUT2D eigenvalue weighted by atomic mass is 10.0. The van der Waals surface area contributed by atoms with Crippen LogP contribution in [0.2, 0.25) is 0 Å². The second-order valence-corrected chi connectivity index (χ2v) is 7.61. The molecule has 1 fully saturated rings. The number of fused-ring (bicyclic) bond motifs is 1. The van der Waals surface area contributed by atoms with Gasteiger partial charge in [0.1, 0.15) is 0 Å². The minimum Gasteiger partial charge on any atom is -0.355 e. The minimum atomic E-state index is -0.322. The van der Waals surface area contributed by atoms with Gasteiger partial charge in [-0.05, 0) is 49.4 Å². The molecule has 6 nitrogen and oxygen atoms in total. The average molecular weight is 387 g/mol.